The average Bonchev–Trinajstić information content (AvgIpc) is 2.62. The van der Waals surface area contributed by atoms with Crippen molar-refractivity contribution < 1.29 is 9.47 Å². The van der Waals surface area contributed by atoms with Crippen molar-refractivity contribution in [1.82, 2.24) is 4.98 Å². The highest BCUT2D eigenvalue weighted by Crippen LogP contribution is 2.34. The minimum absolute atomic E-state index is 0.511. The highest BCUT2D eigenvalue weighted by molar-refractivity contribution is 5.30. The highest BCUT2D eigenvalue weighted by atomic mass is 16.5. The third kappa shape index (κ3) is 3.41. The summed E-state index contributed by atoms with van der Waals surface area (Å²) in [7, 11) is 0. The van der Waals surface area contributed by atoms with Crippen molar-refractivity contribution in [2.24, 2.45) is 5.92 Å². The Morgan fingerprint density at radius 2 is 2.00 bits per heavy atom. The molecule has 0 spiro atoms. The summed E-state index contributed by atoms with van der Waals surface area (Å²) in [5, 5.41) is 9.63. The van der Waals surface area contributed by atoms with Crippen LogP contribution in [0.25, 0.3) is 0 Å². The van der Waals surface area contributed by atoms with E-state index >= 15 is 0 Å². The van der Waals surface area contributed by atoms with Crippen molar-refractivity contribution in [1.29, 1.82) is 5.26 Å². The molecule has 0 bridgehead atoms. The molecule has 1 aliphatic heterocycles. The SMILES string of the molecule is N#CC1(c2cccc(OCC3CCCCC3)n2)CCOCC1. The van der Waals surface area contributed by atoms with Gasteiger partial charge in [0.15, 0.2) is 0 Å². The Bertz CT molecular complexity index is 526. The lowest BCUT2D eigenvalue weighted by Crippen LogP contribution is -2.33. The molecule has 0 N–H and O–H groups in total. The van der Waals surface area contributed by atoms with Crippen LogP contribution >= 0.6 is 0 Å². The van der Waals surface area contributed by atoms with Crippen LogP contribution in [0.3, 0.4) is 0 Å². The molecule has 22 heavy (non-hydrogen) atoms. The van der Waals surface area contributed by atoms with E-state index in [0.717, 1.165) is 12.3 Å². The van der Waals surface area contributed by atoms with Crippen molar-refractivity contribution in [3.8, 4) is 11.9 Å². The van der Waals surface area contributed by atoms with Crippen molar-refractivity contribution in [2.75, 3.05) is 19.8 Å². The van der Waals surface area contributed by atoms with Gasteiger partial charge < -0.3 is 9.47 Å². The van der Waals surface area contributed by atoms with Gasteiger partial charge in [-0.1, -0.05) is 25.3 Å². The van der Waals surface area contributed by atoms with Crippen molar-refractivity contribution in [3.63, 3.8) is 0 Å². The third-order valence-electron chi connectivity index (χ3n) is 4.97. The van der Waals surface area contributed by atoms with E-state index in [1.165, 1.54) is 32.1 Å². The summed E-state index contributed by atoms with van der Waals surface area (Å²) in [5.74, 6) is 1.32. The van der Waals surface area contributed by atoms with E-state index in [2.05, 4.69) is 11.1 Å². The summed E-state index contributed by atoms with van der Waals surface area (Å²) in [6.45, 7) is 2.00. The van der Waals surface area contributed by atoms with Gasteiger partial charge in [0.1, 0.15) is 5.41 Å². The Morgan fingerprint density at radius 1 is 1.23 bits per heavy atom. The van der Waals surface area contributed by atoms with Crippen LogP contribution in [0.4, 0.5) is 0 Å². The number of pyridine rings is 1. The number of ether oxygens (including phenoxy) is 2. The highest BCUT2D eigenvalue weighted by Gasteiger charge is 2.36. The average molecular weight is 300 g/mol. The quantitative estimate of drug-likeness (QED) is 0.852. The molecule has 1 aromatic heterocycles. The summed E-state index contributed by atoms with van der Waals surface area (Å²) >= 11 is 0. The molecule has 4 heteroatoms. The van der Waals surface area contributed by atoms with E-state index in [0.29, 0.717) is 37.9 Å². The maximum atomic E-state index is 9.63. The number of aromatic nitrogens is 1. The molecule has 118 valence electrons. The number of nitriles is 1. The molecule has 0 radical (unpaired) electrons. The number of hydrogen-bond acceptors (Lipinski definition) is 4. The van der Waals surface area contributed by atoms with Gasteiger partial charge in [0.2, 0.25) is 5.88 Å². The van der Waals surface area contributed by atoms with Crippen molar-refractivity contribution in [3.05, 3.63) is 23.9 Å². The standard InChI is InChI=1S/C18H24N2O2/c19-14-18(9-11-21-12-10-18)16-7-4-8-17(20-16)22-13-15-5-2-1-3-6-15/h4,7-8,15H,1-3,5-6,9-13H2. The Balaban J connectivity index is 1.67. The molecule has 1 saturated heterocycles. The zero-order chi connectivity index (χ0) is 15.3. The molecule has 2 fully saturated rings. The van der Waals surface area contributed by atoms with Gasteiger partial charge >= 0.3 is 0 Å². The van der Waals surface area contributed by atoms with Crippen LogP contribution in [0.15, 0.2) is 18.2 Å². The predicted octanol–water partition coefficient (Wildman–Crippen LogP) is 3.61. The Kier molecular flexibility index (Phi) is 4.94. The predicted molar refractivity (Wildman–Crippen MR) is 83.7 cm³/mol. The molecule has 0 amide bonds. The minimum Gasteiger partial charge on any atom is -0.477 e. The molecule has 0 atom stereocenters. The lowest BCUT2D eigenvalue weighted by molar-refractivity contribution is 0.0661. The summed E-state index contributed by atoms with van der Waals surface area (Å²) in [6.07, 6.45) is 7.94. The first-order valence-electron chi connectivity index (χ1n) is 8.42. The number of rotatable bonds is 4. The first kappa shape index (κ1) is 15.3. The van der Waals surface area contributed by atoms with Gasteiger partial charge in [-0.3, -0.25) is 0 Å². The zero-order valence-electron chi connectivity index (χ0n) is 13.1. The molecule has 4 nitrogen and oxygen atoms in total. The van der Waals surface area contributed by atoms with Gasteiger partial charge in [0, 0.05) is 19.3 Å². The van der Waals surface area contributed by atoms with Crippen molar-refractivity contribution in [2.45, 2.75) is 50.4 Å². The molecule has 0 unspecified atom stereocenters. The van der Waals surface area contributed by atoms with Crippen molar-refractivity contribution >= 4 is 0 Å². The second kappa shape index (κ2) is 7.11. The monoisotopic (exact) mass is 300 g/mol. The summed E-state index contributed by atoms with van der Waals surface area (Å²) in [6, 6.07) is 8.27. The maximum absolute atomic E-state index is 9.63. The first-order chi connectivity index (χ1) is 10.8. The van der Waals surface area contributed by atoms with Crippen LogP contribution < -0.4 is 4.74 Å². The van der Waals surface area contributed by atoms with Gasteiger partial charge in [0.05, 0.1) is 18.4 Å². The smallest absolute Gasteiger partial charge is 0.213 e. The van der Waals surface area contributed by atoms with Gasteiger partial charge in [-0.25, -0.2) is 4.98 Å². The molecule has 3 rings (SSSR count). The van der Waals surface area contributed by atoms with Crippen LogP contribution in [-0.4, -0.2) is 24.8 Å². The van der Waals surface area contributed by atoms with Gasteiger partial charge in [-0.2, -0.15) is 5.26 Å². The molecule has 2 aliphatic rings. The van der Waals surface area contributed by atoms with E-state index in [9.17, 15) is 5.26 Å². The van der Waals surface area contributed by atoms with E-state index < -0.39 is 5.41 Å². The van der Waals surface area contributed by atoms with Gasteiger partial charge in [0.25, 0.3) is 0 Å². The molecule has 0 aromatic carbocycles. The minimum atomic E-state index is -0.511. The van der Waals surface area contributed by atoms with E-state index in [1.807, 2.05) is 18.2 Å². The molecule has 2 heterocycles. The van der Waals surface area contributed by atoms with Crippen LogP contribution in [0.2, 0.25) is 0 Å². The van der Waals surface area contributed by atoms with E-state index in [-0.39, 0.29) is 0 Å². The topological polar surface area (TPSA) is 55.1 Å². The van der Waals surface area contributed by atoms with Crippen LogP contribution in [0.5, 0.6) is 5.88 Å². The number of nitrogens with zero attached hydrogens (tertiary/aromatic N) is 2. The maximum Gasteiger partial charge on any atom is 0.213 e. The normalized spacial score (nSPS) is 22.0. The van der Waals surface area contributed by atoms with Crippen LogP contribution in [0, 0.1) is 17.2 Å². The molecule has 1 aliphatic carbocycles. The van der Waals surface area contributed by atoms with Crippen LogP contribution in [-0.2, 0) is 10.2 Å². The summed E-state index contributed by atoms with van der Waals surface area (Å²) in [5.41, 5.74) is 0.321. The van der Waals surface area contributed by atoms with Gasteiger partial charge in [-0.05, 0) is 37.7 Å². The Morgan fingerprint density at radius 3 is 2.73 bits per heavy atom. The van der Waals surface area contributed by atoms with Gasteiger partial charge in [-0.15, -0.1) is 0 Å². The molecular formula is C18H24N2O2. The summed E-state index contributed by atoms with van der Waals surface area (Å²) in [4.78, 5) is 4.62. The van der Waals surface area contributed by atoms with E-state index in [4.69, 9.17) is 9.47 Å². The fourth-order valence-corrected chi connectivity index (χ4v) is 3.46. The molecular weight excluding hydrogens is 276 g/mol. The summed E-state index contributed by atoms with van der Waals surface area (Å²) < 4.78 is 11.3. The second-order valence-electron chi connectivity index (χ2n) is 6.48. The third-order valence-corrected chi connectivity index (χ3v) is 4.97. The Hall–Kier alpha value is -1.60. The number of hydrogen-bond donors (Lipinski definition) is 0. The fourth-order valence-electron chi connectivity index (χ4n) is 3.46. The zero-order valence-corrected chi connectivity index (χ0v) is 13.1. The van der Waals surface area contributed by atoms with E-state index in [1.54, 1.807) is 0 Å². The molecule has 1 aromatic rings. The molecule has 1 saturated carbocycles. The lowest BCUT2D eigenvalue weighted by Gasteiger charge is -2.30. The Labute approximate surface area is 132 Å². The first-order valence-corrected chi connectivity index (χ1v) is 8.42. The fraction of sp³-hybridized carbons (Fsp3) is 0.667. The largest absolute Gasteiger partial charge is 0.477 e. The van der Waals surface area contributed by atoms with Crippen LogP contribution in [0.1, 0.15) is 50.6 Å². The second-order valence-corrected chi connectivity index (χ2v) is 6.48. The lowest BCUT2D eigenvalue weighted by atomic mass is 9.78.